The number of thioether (sulfide) groups is 1. The molecule has 0 radical (unpaired) electrons. The molecule has 11 atom stereocenters. The van der Waals surface area contributed by atoms with Gasteiger partial charge in [0.05, 0.1) is 31.8 Å². The highest BCUT2D eigenvalue weighted by Gasteiger charge is 2.42. The van der Waals surface area contributed by atoms with Crippen molar-refractivity contribution in [2.24, 2.45) is 17.6 Å². The van der Waals surface area contributed by atoms with Gasteiger partial charge < -0.3 is 93.3 Å². The van der Waals surface area contributed by atoms with E-state index in [2.05, 4.69) is 52.8 Å². The Labute approximate surface area is 752 Å². The number of aromatic amines is 1. The van der Waals surface area contributed by atoms with Gasteiger partial charge in [0.15, 0.2) is 0 Å². The Morgan fingerprint density at radius 2 is 0.938 bits per heavy atom. The molecule has 8 rings (SSSR count). The van der Waals surface area contributed by atoms with Gasteiger partial charge >= 0.3 is 5.97 Å². The molecule has 0 spiro atoms. The number of H-pyrrole nitrogens is 1. The molecule has 15 amide bonds. The SMILES string of the molecule is CCCC[C@H]1C(=O)N(C)CC(=O)N[C@@H](CC(=O)O)C(=O)N[C@@H](C(C)C)C(=O)N(C)[C@@H](Cc2ccccc2)C(=O)N[C@@H](Cc2ccc(F)cc2)C(=O)N(C)CC(=O)N[C@@H](Cc2c[nH]c3ccccc23)C(=O)N[C@@H](Cc2ccc(O)cc2)C(=O)N[C@@H](CC(C)C)C(=O)N[C@H](C(=O)NCC(N)=O)CSCC(=O)N[C@@H](Cc2ccccc2)C(=O)N(C)[C@@H](Cc2ccccc2)C(=O)N1C. The van der Waals surface area contributed by atoms with Crippen molar-refractivity contribution in [1.29, 1.82) is 0 Å². The van der Waals surface area contributed by atoms with Crippen molar-refractivity contribution in [1.82, 2.24) is 77.3 Å². The molecule has 0 aliphatic carbocycles. The van der Waals surface area contributed by atoms with Crippen LogP contribution >= 0.6 is 11.8 Å². The van der Waals surface area contributed by atoms with Crippen LogP contribution < -0.4 is 53.6 Å². The Bertz CT molecular complexity index is 5070. The fourth-order valence-corrected chi connectivity index (χ4v) is 15.8. The number of hydrogen-bond donors (Lipinski definition) is 13. The molecule has 36 heteroatoms. The number of carboxylic acid groups (broad SMARTS) is 1. The molecule has 34 nitrogen and oxygen atoms in total. The van der Waals surface area contributed by atoms with Crippen LogP contribution in [0.3, 0.4) is 0 Å². The maximum absolute atomic E-state index is 15.5. The summed E-state index contributed by atoms with van der Waals surface area (Å²) < 4.78 is 14.6. The third-order valence-electron chi connectivity index (χ3n) is 22.0. The minimum atomic E-state index is -1.91. The fourth-order valence-electron chi connectivity index (χ4n) is 14.9. The molecule has 0 saturated carbocycles. The maximum atomic E-state index is 15.5. The van der Waals surface area contributed by atoms with Gasteiger partial charge in [-0.2, -0.15) is 0 Å². The smallest absolute Gasteiger partial charge is 0.305 e. The molecule has 6 aromatic carbocycles. The minimum Gasteiger partial charge on any atom is -0.508 e. The molecule has 14 N–H and O–H groups in total. The number of nitrogens with zero attached hydrogens (tertiary/aromatic N) is 5. The Morgan fingerprint density at radius 3 is 1.50 bits per heavy atom. The summed E-state index contributed by atoms with van der Waals surface area (Å²) in [6.45, 7) is 6.12. The van der Waals surface area contributed by atoms with Crippen molar-refractivity contribution in [3.8, 4) is 5.75 Å². The summed E-state index contributed by atoms with van der Waals surface area (Å²) in [6.07, 6.45) is -0.0323. The Hall–Kier alpha value is -13.5. The number of phenols is 1. The van der Waals surface area contributed by atoms with Crippen LogP contribution in [0.15, 0.2) is 170 Å². The van der Waals surface area contributed by atoms with Gasteiger partial charge in [-0.3, -0.25) is 76.7 Å². The van der Waals surface area contributed by atoms with Gasteiger partial charge in [-0.15, -0.1) is 11.8 Å². The van der Waals surface area contributed by atoms with Crippen LogP contribution in [0.25, 0.3) is 10.9 Å². The summed E-state index contributed by atoms with van der Waals surface area (Å²) in [6, 6.07) is 26.3. The zero-order chi connectivity index (χ0) is 94.3. The number of benzene rings is 6. The molecular formula is C93H117FN16O18S. The number of carboxylic acids is 1. The molecule has 1 aromatic heterocycles. The van der Waals surface area contributed by atoms with E-state index in [0.29, 0.717) is 57.1 Å². The monoisotopic (exact) mass is 1800 g/mol. The first-order valence-corrected chi connectivity index (χ1v) is 43.8. The number of carbonyl (C=O) groups excluding carboxylic acids is 15. The second kappa shape index (κ2) is 49.0. The zero-order valence-electron chi connectivity index (χ0n) is 74.0. The molecule has 2 heterocycles. The lowest BCUT2D eigenvalue weighted by atomic mass is 9.98. The summed E-state index contributed by atoms with van der Waals surface area (Å²) in [5.74, 6) is -18.1. The number of hydrogen-bond acceptors (Lipinski definition) is 18. The molecule has 690 valence electrons. The highest BCUT2D eigenvalue weighted by molar-refractivity contribution is 8.00. The van der Waals surface area contributed by atoms with E-state index in [-0.39, 0.29) is 68.8 Å². The molecule has 129 heavy (non-hydrogen) atoms. The number of aromatic hydroxyl groups is 1. The van der Waals surface area contributed by atoms with E-state index in [1.54, 1.807) is 149 Å². The van der Waals surface area contributed by atoms with E-state index in [1.807, 2.05) is 6.92 Å². The van der Waals surface area contributed by atoms with Gasteiger partial charge in [-0.25, -0.2) is 4.39 Å². The van der Waals surface area contributed by atoms with Crippen molar-refractivity contribution < 1.29 is 91.3 Å². The first kappa shape index (κ1) is 101. The summed E-state index contributed by atoms with van der Waals surface area (Å²) in [7, 11) is 6.49. The zero-order valence-corrected chi connectivity index (χ0v) is 74.8. The van der Waals surface area contributed by atoms with Crippen molar-refractivity contribution in [3.63, 3.8) is 0 Å². The van der Waals surface area contributed by atoms with E-state index < -0.39 is 205 Å². The molecular weight excluding hydrogens is 1680 g/mol. The summed E-state index contributed by atoms with van der Waals surface area (Å²) in [4.78, 5) is 243. The van der Waals surface area contributed by atoms with E-state index in [4.69, 9.17) is 5.73 Å². The Morgan fingerprint density at radius 1 is 0.481 bits per heavy atom. The van der Waals surface area contributed by atoms with Crippen LogP contribution in [0.4, 0.5) is 4.39 Å². The minimum absolute atomic E-state index is 0.0261. The molecule has 1 aliphatic heterocycles. The average molecular weight is 1800 g/mol. The first-order chi connectivity index (χ1) is 61.4. The van der Waals surface area contributed by atoms with Crippen molar-refractivity contribution in [3.05, 3.63) is 209 Å². The van der Waals surface area contributed by atoms with E-state index in [0.717, 1.165) is 38.6 Å². The van der Waals surface area contributed by atoms with E-state index in [1.165, 1.54) is 81.4 Å². The summed E-state index contributed by atoms with van der Waals surface area (Å²) >= 11 is 0.826. The summed E-state index contributed by atoms with van der Waals surface area (Å²) in [5.41, 5.74) is 8.99. The number of para-hydroxylation sites is 1. The van der Waals surface area contributed by atoms with Crippen LogP contribution in [0, 0.1) is 17.7 Å². The van der Waals surface area contributed by atoms with Crippen LogP contribution in [0.5, 0.6) is 5.75 Å². The number of primary amides is 1. The van der Waals surface area contributed by atoms with Gasteiger partial charge in [0.2, 0.25) is 88.6 Å². The van der Waals surface area contributed by atoms with Gasteiger partial charge in [-0.05, 0) is 88.4 Å². The highest BCUT2D eigenvalue weighted by Crippen LogP contribution is 2.24. The van der Waals surface area contributed by atoms with Crippen LogP contribution in [0.1, 0.15) is 100 Å². The predicted molar refractivity (Wildman–Crippen MR) is 480 cm³/mol. The van der Waals surface area contributed by atoms with E-state index in [9.17, 15) is 57.8 Å². The number of fused-ring (bicyclic) bond motifs is 1. The van der Waals surface area contributed by atoms with Crippen LogP contribution in [-0.4, -0.2) is 267 Å². The van der Waals surface area contributed by atoms with Crippen LogP contribution in [-0.2, 0) is 115 Å². The first-order valence-electron chi connectivity index (χ1n) is 42.6. The normalized spacial score (nSPS) is 21.9. The topological polar surface area (TPSA) is 480 Å². The number of nitrogens with one attached hydrogen (secondary N) is 10. The third kappa shape index (κ3) is 30.6. The Kier molecular flexibility index (Phi) is 38.3. The Balaban J connectivity index is 1.21. The highest BCUT2D eigenvalue weighted by atomic mass is 32.2. The standard InChI is InChI=1S/C93H117FN16O18S/c1-11-12-32-74-91(126)107(7)52-79(114)99-70(48-81(116)117)87(122)105-82(56(4)5)93(128)109(9)75(45-58-26-18-14-19-27-58)88(123)103-71(44-60-33-37-63(94)38-34-60)89(124)106(6)51-78(113)98-69(47-62-49-96-66-31-23-22-30-65(62)66)86(121)102-68(42-61-35-39-64(111)40-36-61)85(120)101-67(41-55(2)3)84(119)104-73(83(118)97-50-77(95)112)53-129-54-80(115)100-72(43-57-24-16-13-17-25-57)90(125)110(10)76(92(127)108(74)8)46-59-28-20-15-21-29-59/h13-31,33-40,49,55-56,67-76,82,96,111H,11-12,32,41-48,50-54H2,1-10H3,(H2,95,112)(H,97,118)(H,98,113)(H,99,114)(H,100,115)(H,101,120)(H,102,121)(H,103,123)(H,104,119)(H,105,122)(H,116,117)/t67-,68-,69-,70-,71-,72-,73-,74-,75-,76-,82-/m0/s1. The molecule has 7 aromatic rings. The predicted octanol–water partition coefficient (Wildman–Crippen LogP) is 2.76. The van der Waals surface area contributed by atoms with Gasteiger partial charge in [0.1, 0.15) is 78.0 Å². The lowest BCUT2D eigenvalue weighted by molar-refractivity contribution is -0.151. The van der Waals surface area contributed by atoms with Crippen molar-refractivity contribution in [2.75, 3.05) is 66.4 Å². The van der Waals surface area contributed by atoms with Gasteiger partial charge in [-0.1, -0.05) is 181 Å². The number of rotatable bonds is 23. The van der Waals surface area contributed by atoms with Gasteiger partial charge in [0.25, 0.3) is 0 Å². The molecule has 1 aliphatic rings. The maximum Gasteiger partial charge on any atom is 0.305 e. The van der Waals surface area contributed by atoms with E-state index >= 15 is 33.6 Å². The molecule has 1 saturated heterocycles. The van der Waals surface area contributed by atoms with Crippen LogP contribution in [0.2, 0.25) is 0 Å². The number of aromatic nitrogens is 1. The molecule has 1 fully saturated rings. The number of amides is 15. The lowest BCUT2D eigenvalue weighted by Gasteiger charge is -2.37. The largest absolute Gasteiger partial charge is 0.508 e. The van der Waals surface area contributed by atoms with Crippen molar-refractivity contribution in [2.45, 2.75) is 172 Å². The van der Waals surface area contributed by atoms with Gasteiger partial charge in [0, 0.05) is 96.6 Å². The average Bonchev–Trinajstić information content (AvgIpc) is 1.50. The van der Waals surface area contributed by atoms with Crippen molar-refractivity contribution >= 4 is 117 Å². The second-order valence-electron chi connectivity index (χ2n) is 33.0. The molecule has 0 unspecified atom stereocenters. The number of halogens is 1. The lowest BCUT2D eigenvalue weighted by Crippen LogP contribution is -2.61. The quantitative estimate of drug-likeness (QED) is 0.0438. The second-order valence-corrected chi connectivity index (χ2v) is 34.1. The fraction of sp³-hybridized carbons (Fsp3) is 0.419. The number of aliphatic carboxylic acids is 1. The number of unbranched alkanes of at least 4 members (excludes halogenated alkanes) is 1. The third-order valence-corrected chi connectivity index (χ3v) is 23.1. The number of likely N-dealkylation sites (N-methyl/N-ethyl adjacent to an activating group) is 5. The summed E-state index contributed by atoms with van der Waals surface area (Å²) in [5, 5.41) is 45.1. The number of carbonyl (C=O) groups is 16. The molecule has 0 bridgehead atoms. The number of phenolic OH excluding ortho intramolecular Hbond substituents is 1. The number of nitrogens with two attached hydrogens (primary N) is 1.